The summed E-state index contributed by atoms with van der Waals surface area (Å²) in [6, 6.07) is 9.03. The Morgan fingerprint density at radius 2 is 2.13 bits per heavy atom. The van der Waals surface area contributed by atoms with Gasteiger partial charge in [-0.15, -0.1) is 0 Å². The number of hydrogen-bond donors (Lipinski definition) is 2. The highest BCUT2D eigenvalue weighted by molar-refractivity contribution is 5.26. The molecule has 1 saturated carbocycles. The maximum absolute atomic E-state index is 5.63. The average molecular weight is 204 g/mol. The molecule has 2 nitrogen and oxygen atoms in total. The van der Waals surface area contributed by atoms with Gasteiger partial charge in [-0.3, -0.25) is 11.3 Å². The van der Waals surface area contributed by atoms with Crippen LogP contribution in [0.25, 0.3) is 0 Å². The molecule has 0 radical (unpaired) electrons. The Morgan fingerprint density at radius 1 is 1.40 bits per heavy atom. The molecule has 0 aliphatic heterocycles. The van der Waals surface area contributed by atoms with Crippen molar-refractivity contribution in [1.82, 2.24) is 5.43 Å². The monoisotopic (exact) mass is 204 g/mol. The molecule has 1 aliphatic rings. The number of nitrogens with one attached hydrogen (secondary N) is 1. The second-order valence-corrected chi connectivity index (χ2v) is 4.59. The standard InChI is InChI=1S/C13H20N2/c1-10-5-2-3-6-12(10)9-13(15-14)11-7-4-8-11/h2-3,5-6,11,13,15H,4,7-9,14H2,1H3. The Morgan fingerprint density at radius 3 is 2.67 bits per heavy atom. The summed E-state index contributed by atoms with van der Waals surface area (Å²) in [4.78, 5) is 0. The predicted octanol–water partition coefficient (Wildman–Crippen LogP) is 2.17. The highest BCUT2D eigenvalue weighted by atomic mass is 15.2. The topological polar surface area (TPSA) is 38.0 Å². The summed E-state index contributed by atoms with van der Waals surface area (Å²) >= 11 is 0. The number of nitrogens with two attached hydrogens (primary N) is 1. The fraction of sp³-hybridized carbons (Fsp3) is 0.538. The molecule has 1 aromatic carbocycles. The van der Waals surface area contributed by atoms with Crippen molar-refractivity contribution in [2.24, 2.45) is 11.8 Å². The molecule has 0 spiro atoms. The molecule has 0 saturated heterocycles. The third kappa shape index (κ3) is 2.39. The van der Waals surface area contributed by atoms with Crippen LogP contribution in [0, 0.1) is 12.8 Å². The largest absolute Gasteiger partial charge is 0.271 e. The maximum atomic E-state index is 5.63. The van der Waals surface area contributed by atoms with E-state index in [4.69, 9.17) is 5.84 Å². The van der Waals surface area contributed by atoms with Crippen molar-refractivity contribution in [2.75, 3.05) is 0 Å². The van der Waals surface area contributed by atoms with Gasteiger partial charge in [0.25, 0.3) is 0 Å². The first-order valence-electron chi connectivity index (χ1n) is 5.82. The van der Waals surface area contributed by atoms with Crippen LogP contribution in [0.15, 0.2) is 24.3 Å². The normalized spacial score (nSPS) is 18.5. The number of aryl methyl sites for hydroxylation is 1. The van der Waals surface area contributed by atoms with Gasteiger partial charge >= 0.3 is 0 Å². The fourth-order valence-electron chi connectivity index (χ4n) is 2.28. The number of hydrogen-bond acceptors (Lipinski definition) is 2. The van der Waals surface area contributed by atoms with Gasteiger partial charge in [0.15, 0.2) is 0 Å². The minimum absolute atomic E-state index is 0.458. The average Bonchev–Trinajstić information content (AvgIpc) is 2.17. The Kier molecular flexibility index (Phi) is 3.39. The van der Waals surface area contributed by atoms with Crippen molar-refractivity contribution in [3.63, 3.8) is 0 Å². The molecule has 1 aromatic rings. The smallest absolute Gasteiger partial charge is 0.0279 e. The summed E-state index contributed by atoms with van der Waals surface area (Å²) in [5.41, 5.74) is 5.78. The van der Waals surface area contributed by atoms with E-state index in [-0.39, 0.29) is 0 Å². The first-order chi connectivity index (χ1) is 7.31. The van der Waals surface area contributed by atoms with E-state index in [1.165, 1.54) is 30.4 Å². The van der Waals surface area contributed by atoms with Crippen molar-refractivity contribution in [2.45, 2.75) is 38.6 Å². The highest BCUT2D eigenvalue weighted by Gasteiger charge is 2.26. The first-order valence-corrected chi connectivity index (χ1v) is 5.82. The summed E-state index contributed by atoms with van der Waals surface area (Å²) in [6.07, 6.45) is 5.10. The minimum atomic E-state index is 0.458. The lowest BCUT2D eigenvalue weighted by Crippen LogP contribution is -2.44. The molecule has 0 heterocycles. The van der Waals surface area contributed by atoms with E-state index in [1.807, 2.05) is 0 Å². The third-order valence-electron chi connectivity index (χ3n) is 3.63. The molecule has 0 aromatic heterocycles. The molecule has 0 bridgehead atoms. The van der Waals surface area contributed by atoms with Crippen LogP contribution < -0.4 is 11.3 Å². The van der Waals surface area contributed by atoms with Crippen molar-refractivity contribution >= 4 is 0 Å². The Labute approximate surface area is 91.8 Å². The van der Waals surface area contributed by atoms with Gasteiger partial charge < -0.3 is 0 Å². The van der Waals surface area contributed by atoms with Crippen LogP contribution in [-0.2, 0) is 6.42 Å². The van der Waals surface area contributed by atoms with E-state index in [9.17, 15) is 0 Å². The molecular weight excluding hydrogens is 184 g/mol. The molecule has 1 atom stereocenters. The SMILES string of the molecule is Cc1ccccc1CC(NN)C1CCC1. The van der Waals surface area contributed by atoms with Gasteiger partial charge in [-0.1, -0.05) is 30.7 Å². The maximum Gasteiger partial charge on any atom is 0.0279 e. The van der Waals surface area contributed by atoms with Gasteiger partial charge in [0, 0.05) is 6.04 Å². The quantitative estimate of drug-likeness (QED) is 0.582. The first kappa shape index (κ1) is 10.7. The van der Waals surface area contributed by atoms with Crippen LogP contribution >= 0.6 is 0 Å². The molecule has 2 heteroatoms. The second-order valence-electron chi connectivity index (χ2n) is 4.59. The van der Waals surface area contributed by atoms with E-state index in [1.54, 1.807) is 0 Å². The lowest BCUT2D eigenvalue weighted by Gasteiger charge is -2.33. The Balaban J connectivity index is 2.02. The molecule has 1 unspecified atom stereocenters. The molecule has 1 fully saturated rings. The van der Waals surface area contributed by atoms with E-state index >= 15 is 0 Å². The van der Waals surface area contributed by atoms with Crippen molar-refractivity contribution in [3.05, 3.63) is 35.4 Å². The van der Waals surface area contributed by atoms with Crippen molar-refractivity contribution < 1.29 is 0 Å². The highest BCUT2D eigenvalue weighted by Crippen LogP contribution is 2.31. The summed E-state index contributed by atoms with van der Waals surface area (Å²) in [5.74, 6) is 6.42. The Bertz CT molecular complexity index is 318. The van der Waals surface area contributed by atoms with E-state index in [0.29, 0.717) is 6.04 Å². The summed E-state index contributed by atoms with van der Waals surface area (Å²) in [5, 5.41) is 0. The molecule has 1 aliphatic carbocycles. The van der Waals surface area contributed by atoms with Gasteiger partial charge in [-0.25, -0.2) is 0 Å². The zero-order chi connectivity index (χ0) is 10.7. The zero-order valence-electron chi connectivity index (χ0n) is 9.37. The van der Waals surface area contributed by atoms with Gasteiger partial charge in [-0.05, 0) is 43.2 Å². The van der Waals surface area contributed by atoms with Crippen LogP contribution in [0.5, 0.6) is 0 Å². The van der Waals surface area contributed by atoms with Crippen LogP contribution in [0.1, 0.15) is 30.4 Å². The van der Waals surface area contributed by atoms with Crippen LogP contribution in [0.2, 0.25) is 0 Å². The Hall–Kier alpha value is -0.860. The molecule has 3 N–H and O–H groups in total. The van der Waals surface area contributed by atoms with Crippen molar-refractivity contribution in [3.8, 4) is 0 Å². The van der Waals surface area contributed by atoms with Crippen molar-refractivity contribution in [1.29, 1.82) is 0 Å². The number of rotatable bonds is 4. The number of hydrazine groups is 1. The molecule has 82 valence electrons. The number of benzene rings is 1. The zero-order valence-corrected chi connectivity index (χ0v) is 9.37. The van der Waals surface area contributed by atoms with Crippen LogP contribution in [0.4, 0.5) is 0 Å². The lowest BCUT2D eigenvalue weighted by molar-refractivity contribution is 0.228. The van der Waals surface area contributed by atoms with Gasteiger partial charge in [0.05, 0.1) is 0 Å². The second kappa shape index (κ2) is 4.77. The van der Waals surface area contributed by atoms with Gasteiger partial charge in [0.2, 0.25) is 0 Å². The summed E-state index contributed by atoms with van der Waals surface area (Å²) < 4.78 is 0. The summed E-state index contributed by atoms with van der Waals surface area (Å²) in [6.45, 7) is 2.17. The predicted molar refractivity (Wildman–Crippen MR) is 63.3 cm³/mol. The van der Waals surface area contributed by atoms with Gasteiger partial charge in [-0.2, -0.15) is 0 Å². The fourth-order valence-corrected chi connectivity index (χ4v) is 2.28. The summed E-state index contributed by atoms with van der Waals surface area (Å²) in [7, 11) is 0. The van der Waals surface area contributed by atoms with E-state index in [0.717, 1.165) is 12.3 Å². The lowest BCUT2D eigenvalue weighted by atomic mass is 9.77. The molecular formula is C13H20N2. The van der Waals surface area contributed by atoms with Gasteiger partial charge in [0.1, 0.15) is 0 Å². The molecule has 2 rings (SSSR count). The van der Waals surface area contributed by atoms with Crippen LogP contribution in [-0.4, -0.2) is 6.04 Å². The minimum Gasteiger partial charge on any atom is -0.271 e. The molecule has 0 amide bonds. The van der Waals surface area contributed by atoms with E-state index < -0.39 is 0 Å². The third-order valence-corrected chi connectivity index (χ3v) is 3.63. The van der Waals surface area contributed by atoms with E-state index in [2.05, 4.69) is 36.6 Å². The van der Waals surface area contributed by atoms with Crippen LogP contribution in [0.3, 0.4) is 0 Å². The molecule has 15 heavy (non-hydrogen) atoms.